The molecule has 0 aromatic carbocycles. The lowest BCUT2D eigenvalue weighted by Gasteiger charge is -2.10. The number of hydrogen-bond donors (Lipinski definition) is 3. The zero-order valence-corrected chi connectivity index (χ0v) is 14.2. The first-order chi connectivity index (χ1) is 11.1. The van der Waals surface area contributed by atoms with Crippen molar-refractivity contribution in [3.8, 4) is 0 Å². The molecular formula is C19H24N4. The van der Waals surface area contributed by atoms with Gasteiger partial charge in [0.2, 0.25) is 0 Å². The molecule has 2 heterocycles. The number of allylic oxidation sites excluding steroid dienone is 2. The van der Waals surface area contributed by atoms with E-state index in [1.165, 1.54) is 10.8 Å². The van der Waals surface area contributed by atoms with Gasteiger partial charge in [-0.05, 0) is 62.4 Å². The Balaban J connectivity index is 2.34. The minimum atomic E-state index is 0.787. The molecule has 2 aromatic heterocycles. The van der Waals surface area contributed by atoms with Crippen LogP contribution in [0.4, 0.5) is 11.6 Å². The standard InChI is InChI=1S/C19H24N4/c1-6-15(11-17-16(7-2)14(5)12-21-17)22-18-10-9-13(4)19(23-18)20-8-3/h6-12,21H,3H2,1-2,4-5H3,(H2,20,22,23)/b15-6+,16-7?,17-11+. The predicted octanol–water partition coefficient (Wildman–Crippen LogP) is 3.18. The van der Waals surface area contributed by atoms with Crippen LogP contribution < -0.4 is 21.2 Å². The summed E-state index contributed by atoms with van der Waals surface area (Å²) in [7, 11) is 0. The Morgan fingerprint density at radius 3 is 2.65 bits per heavy atom. The lowest BCUT2D eigenvalue weighted by atomic mass is 10.2. The molecule has 4 heteroatoms. The van der Waals surface area contributed by atoms with E-state index in [0.717, 1.165) is 28.2 Å². The number of aryl methyl sites for hydroxylation is 2. The Hall–Kier alpha value is -2.75. The molecule has 2 rings (SSSR count). The van der Waals surface area contributed by atoms with E-state index >= 15 is 0 Å². The minimum absolute atomic E-state index is 0.787. The molecule has 2 aromatic rings. The fraction of sp³-hybridized carbons (Fsp3) is 0.211. The van der Waals surface area contributed by atoms with Gasteiger partial charge in [-0.2, -0.15) is 0 Å². The number of nitrogens with zero attached hydrogens (tertiary/aromatic N) is 1. The Bertz CT molecular complexity index is 841. The van der Waals surface area contributed by atoms with Crippen molar-refractivity contribution < 1.29 is 0 Å². The molecule has 3 N–H and O–H groups in total. The fourth-order valence-corrected chi connectivity index (χ4v) is 2.39. The van der Waals surface area contributed by atoms with Crippen molar-refractivity contribution in [2.75, 3.05) is 10.6 Å². The molecule has 0 saturated heterocycles. The van der Waals surface area contributed by atoms with Gasteiger partial charge in [0.15, 0.2) is 0 Å². The highest BCUT2D eigenvalue weighted by Crippen LogP contribution is 2.16. The van der Waals surface area contributed by atoms with Crippen LogP contribution in [0.25, 0.3) is 12.2 Å². The van der Waals surface area contributed by atoms with Crippen molar-refractivity contribution in [2.45, 2.75) is 27.7 Å². The molecule has 0 amide bonds. The van der Waals surface area contributed by atoms with E-state index in [1.807, 2.05) is 45.2 Å². The van der Waals surface area contributed by atoms with Crippen molar-refractivity contribution in [3.05, 3.63) is 64.6 Å². The van der Waals surface area contributed by atoms with Crippen molar-refractivity contribution >= 4 is 23.8 Å². The number of aromatic nitrogens is 2. The monoisotopic (exact) mass is 308 g/mol. The summed E-state index contributed by atoms with van der Waals surface area (Å²) >= 11 is 0. The Labute approximate surface area is 137 Å². The highest BCUT2D eigenvalue weighted by Gasteiger charge is 2.02. The largest absolute Gasteiger partial charge is 0.361 e. The molecule has 0 spiro atoms. The van der Waals surface area contributed by atoms with Gasteiger partial charge in [-0.1, -0.05) is 24.8 Å². The lowest BCUT2D eigenvalue weighted by Crippen LogP contribution is -2.24. The van der Waals surface area contributed by atoms with Gasteiger partial charge in [-0.3, -0.25) is 0 Å². The van der Waals surface area contributed by atoms with Gasteiger partial charge < -0.3 is 15.6 Å². The number of rotatable bonds is 5. The SMILES string of the molecule is C=CNc1nc(NC(=C/C)/C=c2/[nH]cc(C)c2=CC)ccc1C. The summed E-state index contributed by atoms with van der Waals surface area (Å²) in [5.74, 6) is 1.59. The van der Waals surface area contributed by atoms with E-state index in [2.05, 4.69) is 46.3 Å². The van der Waals surface area contributed by atoms with E-state index in [4.69, 9.17) is 0 Å². The highest BCUT2D eigenvalue weighted by atomic mass is 15.1. The number of pyridine rings is 1. The molecule has 120 valence electrons. The van der Waals surface area contributed by atoms with Gasteiger partial charge >= 0.3 is 0 Å². The molecule has 0 radical (unpaired) electrons. The van der Waals surface area contributed by atoms with Gasteiger partial charge in [0.1, 0.15) is 11.6 Å². The van der Waals surface area contributed by atoms with E-state index in [0.29, 0.717) is 0 Å². The summed E-state index contributed by atoms with van der Waals surface area (Å²) in [5.41, 5.74) is 3.29. The second-order valence-corrected chi connectivity index (χ2v) is 5.31. The number of aromatic amines is 1. The van der Waals surface area contributed by atoms with Gasteiger partial charge in [0.25, 0.3) is 0 Å². The van der Waals surface area contributed by atoms with Crippen LogP contribution in [-0.2, 0) is 0 Å². The molecule has 0 aliphatic heterocycles. The molecule has 0 aliphatic carbocycles. The second kappa shape index (κ2) is 7.49. The Kier molecular flexibility index (Phi) is 5.41. The maximum Gasteiger partial charge on any atom is 0.135 e. The van der Waals surface area contributed by atoms with Crippen LogP contribution >= 0.6 is 0 Å². The maximum absolute atomic E-state index is 4.57. The molecule has 0 aliphatic rings. The van der Waals surface area contributed by atoms with E-state index in [-0.39, 0.29) is 0 Å². The predicted molar refractivity (Wildman–Crippen MR) is 99.6 cm³/mol. The van der Waals surface area contributed by atoms with Crippen LogP contribution in [0.3, 0.4) is 0 Å². The molecule has 23 heavy (non-hydrogen) atoms. The van der Waals surface area contributed by atoms with E-state index in [9.17, 15) is 0 Å². The van der Waals surface area contributed by atoms with E-state index in [1.54, 1.807) is 6.20 Å². The van der Waals surface area contributed by atoms with Crippen LogP contribution in [-0.4, -0.2) is 9.97 Å². The molecular weight excluding hydrogens is 284 g/mol. The summed E-state index contributed by atoms with van der Waals surface area (Å²) in [6.07, 6.45) is 9.88. The summed E-state index contributed by atoms with van der Waals surface area (Å²) in [6.45, 7) is 11.8. The Morgan fingerprint density at radius 2 is 2.00 bits per heavy atom. The van der Waals surface area contributed by atoms with Crippen molar-refractivity contribution in [1.29, 1.82) is 0 Å². The van der Waals surface area contributed by atoms with Gasteiger partial charge in [-0.15, -0.1) is 0 Å². The Morgan fingerprint density at radius 1 is 1.22 bits per heavy atom. The highest BCUT2D eigenvalue weighted by molar-refractivity contribution is 5.60. The summed E-state index contributed by atoms with van der Waals surface area (Å²) in [4.78, 5) is 7.87. The lowest BCUT2D eigenvalue weighted by molar-refractivity contribution is 1.23. The van der Waals surface area contributed by atoms with Gasteiger partial charge in [-0.25, -0.2) is 4.98 Å². The minimum Gasteiger partial charge on any atom is -0.361 e. The van der Waals surface area contributed by atoms with E-state index < -0.39 is 0 Å². The first kappa shape index (κ1) is 16.6. The van der Waals surface area contributed by atoms with Gasteiger partial charge in [0.05, 0.1) is 0 Å². The van der Waals surface area contributed by atoms with Crippen LogP contribution in [0.2, 0.25) is 0 Å². The molecule has 0 fully saturated rings. The second-order valence-electron chi connectivity index (χ2n) is 5.31. The zero-order valence-electron chi connectivity index (χ0n) is 14.2. The fourth-order valence-electron chi connectivity index (χ4n) is 2.39. The summed E-state index contributed by atoms with van der Waals surface area (Å²) in [5, 5.41) is 8.71. The van der Waals surface area contributed by atoms with Crippen molar-refractivity contribution in [3.63, 3.8) is 0 Å². The molecule has 0 atom stereocenters. The van der Waals surface area contributed by atoms with Crippen molar-refractivity contribution in [1.82, 2.24) is 9.97 Å². The smallest absolute Gasteiger partial charge is 0.135 e. The average Bonchev–Trinajstić information content (AvgIpc) is 2.89. The number of hydrogen-bond acceptors (Lipinski definition) is 3. The first-order valence-corrected chi connectivity index (χ1v) is 7.69. The molecule has 0 saturated carbocycles. The van der Waals surface area contributed by atoms with Gasteiger partial charge in [0, 0.05) is 17.2 Å². The zero-order chi connectivity index (χ0) is 16.8. The normalized spacial score (nSPS) is 13.3. The van der Waals surface area contributed by atoms with Crippen LogP contribution in [0.1, 0.15) is 25.0 Å². The van der Waals surface area contributed by atoms with Crippen LogP contribution in [0, 0.1) is 13.8 Å². The maximum atomic E-state index is 4.57. The summed E-state index contributed by atoms with van der Waals surface area (Å²) < 4.78 is 0. The summed E-state index contributed by atoms with van der Waals surface area (Å²) in [6, 6.07) is 3.99. The topological polar surface area (TPSA) is 52.7 Å². The number of nitrogens with one attached hydrogen (secondary N) is 3. The van der Waals surface area contributed by atoms with Crippen LogP contribution in [0.5, 0.6) is 0 Å². The third-order valence-corrected chi connectivity index (χ3v) is 3.67. The molecule has 4 nitrogen and oxygen atoms in total. The third-order valence-electron chi connectivity index (χ3n) is 3.67. The van der Waals surface area contributed by atoms with Crippen LogP contribution in [0.15, 0.2) is 42.9 Å². The number of H-pyrrole nitrogens is 1. The van der Waals surface area contributed by atoms with Crippen molar-refractivity contribution in [2.24, 2.45) is 0 Å². The average molecular weight is 308 g/mol. The third kappa shape index (κ3) is 3.92. The molecule has 0 unspecified atom stereocenters. The molecule has 0 bridgehead atoms. The number of anilines is 2. The first-order valence-electron chi connectivity index (χ1n) is 7.69. The quantitative estimate of drug-likeness (QED) is 0.795.